The van der Waals surface area contributed by atoms with E-state index in [0.717, 1.165) is 21.7 Å². The maximum Gasteiger partial charge on any atom is 0.242 e. The summed E-state index contributed by atoms with van der Waals surface area (Å²) >= 11 is 1.45. The summed E-state index contributed by atoms with van der Waals surface area (Å²) in [6.45, 7) is 3.44. The molecule has 0 fully saturated rings. The Kier molecular flexibility index (Phi) is 6.50. The highest BCUT2D eigenvalue weighted by Crippen LogP contribution is 2.37. The monoisotopic (exact) mass is 390 g/mol. The van der Waals surface area contributed by atoms with E-state index in [2.05, 4.69) is 10.6 Å². The fourth-order valence-corrected chi connectivity index (χ4v) is 3.88. The first-order valence-corrected chi connectivity index (χ1v) is 9.86. The quantitative estimate of drug-likeness (QED) is 0.552. The van der Waals surface area contributed by atoms with Crippen LogP contribution in [-0.4, -0.2) is 11.8 Å². The van der Waals surface area contributed by atoms with Gasteiger partial charge in [-0.3, -0.25) is 9.59 Å². The van der Waals surface area contributed by atoms with Gasteiger partial charge in [-0.1, -0.05) is 54.6 Å². The predicted octanol–water partition coefficient (Wildman–Crippen LogP) is 5.43. The largest absolute Gasteiger partial charge is 0.326 e. The molecule has 0 aliphatic carbocycles. The topological polar surface area (TPSA) is 58.2 Å². The number of hydrogen-bond donors (Lipinski definition) is 2. The SMILES string of the molecule is CC(=O)Nc1cccc(SC(C(=O)Nc2ccccc2C)c2ccccc2)c1. The van der Waals surface area contributed by atoms with Crippen molar-refractivity contribution in [2.45, 2.75) is 24.0 Å². The molecule has 5 heteroatoms. The normalized spacial score (nSPS) is 11.5. The molecule has 1 atom stereocenters. The molecule has 3 rings (SSSR count). The van der Waals surface area contributed by atoms with E-state index in [1.807, 2.05) is 85.8 Å². The van der Waals surface area contributed by atoms with Gasteiger partial charge < -0.3 is 10.6 Å². The van der Waals surface area contributed by atoms with Gasteiger partial charge >= 0.3 is 0 Å². The first kappa shape index (κ1) is 19.7. The number of hydrogen-bond acceptors (Lipinski definition) is 3. The molecule has 0 spiro atoms. The lowest BCUT2D eigenvalue weighted by molar-refractivity contribution is -0.116. The number of thioether (sulfide) groups is 1. The Morgan fingerprint density at radius 1 is 0.857 bits per heavy atom. The third-order valence-corrected chi connectivity index (χ3v) is 5.40. The van der Waals surface area contributed by atoms with Crippen molar-refractivity contribution in [1.82, 2.24) is 0 Å². The molecule has 0 bridgehead atoms. The molecule has 0 aliphatic rings. The molecule has 0 aliphatic heterocycles. The van der Waals surface area contributed by atoms with Crippen LogP contribution in [-0.2, 0) is 9.59 Å². The van der Waals surface area contributed by atoms with Crippen molar-refractivity contribution in [2.75, 3.05) is 10.6 Å². The molecule has 0 heterocycles. The third-order valence-electron chi connectivity index (χ3n) is 4.15. The average molecular weight is 391 g/mol. The molecule has 28 heavy (non-hydrogen) atoms. The maximum absolute atomic E-state index is 13.1. The lowest BCUT2D eigenvalue weighted by atomic mass is 10.1. The van der Waals surface area contributed by atoms with Gasteiger partial charge in [0.1, 0.15) is 5.25 Å². The van der Waals surface area contributed by atoms with Crippen LogP contribution in [0.5, 0.6) is 0 Å². The van der Waals surface area contributed by atoms with Gasteiger partial charge in [-0.2, -0.15) is 0 Å². The van der Waals surface area contributed by atoms with Crippen LogP contribution in [0.15, 0.2) is 83.8 Å². The molecule has 0 saturated carbocycles. The van der Waals surface area contributed by atoms with E-state index in [-0.39, 0.29) is 11.8 Å². The van der Waals surface area contributed by atoms with Crippen molar-refractivity contribution < 1.29 is 9.59 Å². The minimum Gasteiger partial charge on any atom is -0.326 e. The Morgan fingerprint density at radius 2 is 1.57 bits per heavy atom. The van der Waals surface area contributed by atoms with Gasteiger partial charge in [0.05, 0.1) is 0 Å². The molecule has 3 aromatic carbocycles. The maximum atomic E-state index is 13.1. The second-order valence-electron chi connectivity index (χ2n) is 6.42. The highest BCUT2D eigenvalue weighted by atomic mass is 32.2. The van der Waals surface area contributed by atoms with Gasteiger partial charge in [0.2, 0.25) is 11.8 Å². The smallest absolute Gasteiger partial charge is 0.242 e. The summed E-state index contributed by atoms with van der Waals surface area (Å²) in [4.78, 5) is 25.4. The molecule has 0 aromatic heterocycles. The highest BCUT2D eigenvalue weighted by Gasteiger charge is 2.22. The van der Waals surface area contributed by atoms with Crippen LogP contribution in [0.3, 0.4) is 0 Å². The van der Waals surface area contributed by atoms with E-state index in [1.165, 1.54) is 18.7 Å². The van der Waals surface area contributed by atoms with Crippen molar-refractivity contribution in [3.05, 3.63) is 90.0 Å². The van der Waals surface area contributed by atoms with Crippen molar-refractivity contribution in [3.8, 4) is 0 Å². The fraction of sp³-hybridized carbons (Fsp3) is 0.130. The zero-order valence-electron chi connectivity index (χ0n) is 15.8. The number of rotatable bonds is 6. The summed E-state index contributed by atoms with van der Waals surface area (Å²) in [6, 6.07) is 24.9. The summed E-state index contributed by atoms with van der Waals surface area (Å²) in [5.74, 6) is -0.213. The van der Waals surface area contributed by atoms with Gasteiger partial charge in [0.25, 0.3) is 0 Å². The Bertz CT molecular complexity index is 973. The minimum atomic E-state index is -0.423. The third kappa shape index (κ3) is 5.24. The Morgan fingerprint density at radius 3 is 2.29 bits per heavy atom. The Labute approximate surface area is 169 Å². The van der Waals surface area contributed by atoms with Crippen LogP contribution in [0.25, 0.3) is 0 Å². The summed E-state index contributed by atoms with van der Waals surface area (Å²) < 4.78 is 0. The number of carbonyl (C=O) groups is 2. The summed E-state index contributed by atoms with van der Waals surface area (Å²) in [5, 5.41) is 5.41. The molecule has 4 nitrogen and oxygen atoms in total. The minimum absolute atomic E-state index is 0.0876. The van der Waals surface area contributed by atoms with Crippen molar-refractivity contribution in [2.24, 2.45) is 0 Å². The van der Waals surface area contributed by atoms with Crippen LogP contribution >= 0.6 is 11.8 Å². The van der Waals surface area contributed by atoms with Crippen LogP contribution in [0.4, 0.5) is 11.4 Å². The van der Waals surface area contributed by atoms with Crippen LogP contribution in [0.1, 0.15) is 23.3 Å². The molecule has 142 valence electrons. The van der Waals surface area contributed by atoms with Crippen molar-refractivity contribution in [3.63, 3.8) is 0 Å². The lowest BCUT2D eigenvalue weighted by Gasteiger charge is -2.18. The number of amides is 2. The first-order valence-electron chi connectivity index (χ1n) is 8.98. The summed E-state index contributed by atoms with van der Waals surface area (Å²) in [7, 11) is 0. The number of anilines is 2. The second kappa shape index (κ2) is 9.24. The molecule has 3 aromatic rings. The summed E-state index contributed by atoms with van der Waals surface area (Å²) in [5.41, 5.74) is 3.45. The second-order valence-corrected chi connectivity index (χ2v) is 7.60. The number of aryl methyl sites for hydroxylation is 1. The average Bonchev–Trinajstić information content (AvgIpc) is 2.68. The van der Waals surface area contributed by atoms with Crippen LogP contribution < -0.4 is 10.6 Å². The molecule has 0 radical (unpaired) electrons. The zero-order valence-corrected chi connectivity index (χ0v) is 16.6. The molecule has 1 unspecified atom stereocenters. The fourth-order valence-electron chi connectivity index (χ4n) is 2.80. The van der Waals surface area contributed by atoms with E-state index < -0.39 is 5.25 Å². The lowest BCUT2D eigenvalue weighted by Crippen LogP contribution is -2.19. The molecule has 2 amide bonds. The number of benzene rings is 3. The van der Waals surface area contributed by atoms with Crippen LogP contribution in [0.2, 0.25) is 0 Å². The number of para-hydroxylation sites is 1. The van der Waals surface area contributed by atoms with E-state index >= 15 is 0 Å². The predicted molar refractivity (Wildman–Crippen MR) is 116 cm³/mol. The molecule has 0 saturated heterocycles. The number of carbonyl (C=O) groups excluding carboxylic acids is 2. The Hall–Kier alpha value is -3.05. The highest BCUT2D eigenvalue weighted by molar-refractivity contribution is 8.00. The van der Waals surface area contributed by atoms with E-state index in [9.17, 15) is 9.59 Å². The van der Waals surface area contributed by atoms with Crippen molar-refractivity contribution in [1.29, 1.82) is 0 Å². The van der Waals surface area contributed by atoms with E-state index in [0.29, 0.717) is 5.69 Å². The van der Waals surface area contributed by atoms with E-state index in [1.54, 1.807) is 0 Å². The van der Waals surface area contributed by atoms with Gasteiger partial charge in [0, 0.05) is 23.2 Å². The van der Waals surface area contributed by atoms with E-state index in [4.69, 9.17) is 0 Å². The first-order chi connectivity index (χ1) is 13.5. The Balaban J connectivity index is 1.87. The van der Waals surface area contributed by atoms with Crippen molar-refractivity contribution >= 4 is 35.0 Å². The zero-order chi connectivity index (χ0) is 19.9. The van der Waals surface area contributed by atoms with Gasteiger partial charge in [-0.05, 0) is 42.3 Å². The van der Waals surface area contributed by atoms with Crippen LogP contribution in [0, 0.1) is 6.92 Å². The number of nitrogens with one attached hydrogen (secondary N) is 2. The van der Waals surface area contributed by atoms with Gasteiger partial charge in [0.15, 0.2) is 0 Å². The molecule has 2 N–H and O–H groups in total. The standard InChI is InChI=1S/C23H22N2O2S/c1-16-9-6-7-14-21(16)25-23(27)22(18-10-4-3-5-11-18)28-20-13-8-12-19(15-20)24-17(2)26/h3-15,22H,1-2H3,(H,24,26)(H,25,27). The van der Waals surface area contributed by atoms with Gasteiger partial charge in [-0.25, -0.2) is 0 Å². The molecular formula is C23H22N2O2S. The van der Waals surface area contributed by atoms with Gasteiger partial charge in [-0.15, -0.1) is 11.8 Å². The summed E-state index contributed by atoms with van der Waals surface area (Å²) in [6.07, 6.45) is 0. The molecular weight excluding hydrogens is 368 g/mol.